The van der Waals surface area contributed by atoms with Crippen LogP contribution in [0.3, 0.4) is 0 Å². The summed E-state index contributed by atoms with van der Waals surface area (Å²) in [5, 5.41) is 9.15. The van der Waals surface area contributed by atoms with Crippen LogP contribution in [0.2, 0.25) is 0 Å². The Labute approximate surface area is 120 Å². The SMILES string of the molecule is CNC1CCC(OCc2nn(C)c3ccccc23)CC1. The van der Waals surface area contributed by atoms with Crippen molar-refractivity contribution < 1.29 is 4.74 Å². The van der Waals surface area contributed by atoms with Crippen molar-refractivity contribution in [2.45, 2.75) is 44.4 Å². The van der Waals surface area contributed by atoms with Gasteiger partial charge in [-0.25, -0.2) is 0 Å². The molecule has 0 aliphatic heterocycles. The fourth-order valence-corrected chi connectivity index (χ4v) is 3.11. The molecule has 0 atom stereocenters. The molecule has 1 N–H and O–H groups in total. The number of rotatable bonds is 4. The van der Waals surface area contributed by atoms with E-state index >= 15 is 0 Å². The van der Waals surface area contributed by atoms with Crippen LogP contribution in [0.5, 0.6) is 0 Å². The van der Waals surface area contributed by atoms with E-state index in [0.29, 0.717) is 18.8 Å². The van der Waals surface area contributed by atoms with Gasteiger partial charge in [0, 0.05) is 18.5 Å². The average Bonchev–Trinajstić information content (AvgIpc) is 2.83. The van der Waals surface area contributed by atoms with Crippen LogP contribution in [0.4, 0.5) is 0 Å². The average molecular weight is 273 g/mol. The number of ether oxygens (including phenoxy) is 1. The fraction of sp³-hybridized carbons (Fsp3) is 0.562. The van der Waals surface area contributed by atoms with Crippen LogP contribution in [0.15, 0.2) is 24.3 Å². The Morgan fingerprint density at radius 2 is 2.00 bits per heavy atom. The van der Waals surface area contributed by atoms with E-state index in [9.17, 15) is 0 Å². The van der Waals surface area contributed by atoms with Crippen molar-refractivity contribution in [3.63, 3.8) is 0 Å². The van der Waals surface area contributed by atoms with E-state index in [4.69, 9.17) is 4.74 Å². The molecule has 0 amide bonds. The molecule has 1 aliphatic rings. The van der Waals surface area contributed by atoms with E-state index in [0.717, 1.165) is 18.5 Å². The summed E-state index contributed by atoms with van der Waals surface area (Å²) in [4.78, 5) is 0. The Balaban J connectivity index is 1.63. The predicted molar refractivity (Wildman–Crippen MR) is 80.6 cm³/mol. The highest BCUT2D eigenvalue weighted by Gasteiger charge is 2.21. The molecule has 1 aromatic carbocycles. The van der Waals surface area contributed by atoms with E-state index in [2.05, 4.69) is 28.6 Å². The van der Waals surface area contributed by atoms with Gasteiger partial charge in [-0.3, -0.25) is 4.68 Å². The Kier molecular flexibility index (Phi) is 4.03. The first-order valence-corrected chi connectivity index (χ1v) is 7.47. The second kappa shape index (κ2) is 5.94. The van der Waals surface area contributed by atoms with Gasteiger partial charge in [-0.1, -0.05) is 18.2 Å². The number of aromatic nitrogens is 2. The number of hydrogen-bond donors (Lipinski definition) is 1. The van der Waals surface area contributed by atoms with Crippen molar-refractivity contribution in [1.29, 1.82) is 0 Å². The van der Waals surface area contributed by atoms with Gasteiger partial charge in [-0.2, -0.15) is 5.10 Å². The smallest absolute Gasteiger partial charge is 0.0960 e. The molecule has 1 fully saturated rings. The monoisotopic (exact) mass is 273 g/mol. The molecule has 0 radical (unpaired) electrons. The van der Waals surface area contributed by atoms with E-state index in [-0.39, 0.29) is 0 Å². The van der Waals surface area contributed by atoms with Gasteiger partial charge in [0.2, 0.25) is 0 Å². The zero-order chi connectivity index (χ0) is 13.9. The number of fused-ring (bicyclic) bond motifs is 1. The van der Waals surface area contributed by atoms with E-state index < -0.39 is 0 Å². The summed E-state index contributed by atoms with van der Waals surface area (Å²) < 4.78 is 8.02. The minimum absolute atomic E-state index is 0.389. The molecule has 2 aromatic rings. The van der Waals surface area contributed by atoms with Crippen LogP contribution in [-0.4, -0.2) is 29.0 Å². The fourth-order valence-electron chi connectivity index (χ4n) is 3.11. The van der Waals surface area contributed by atoms with Gasteiger partial charge >= 0.3 is 0 Å². The van der Waals surface area contributed by atoms with Crippen molar-refractivity contribution in [3.05, 3.63) is 30.0 Å². The van der Waals surface area contributed by atoms with Crippen LogP contribution in [-0.2, 0) is 18.4 Å². The molecule has 0 spiro atoms. The summed E-state index contributed by atoms with van der Waals surface area (Å²) >= 11 is 0. The summed E-state index contributed by atoms with van der Waals surface area (Å²) in [6.45, 7) is 0.621. The normalized spacial score (nSPS) is 23.3. The molecule has 3 rings (SSSR count). The summed E-state index contributed by atoms with van der Waals surface area (Å²) in [6, 6.07) is 9.01. The first kappa shape index (κ1) is 13.6. The molecule has 108 valence electrons. The second-order valence-corrected chi connectivity index (χ2v) is 5.66. The maximum absolute atomic E-state index is 6.08. The van der Waals surface area contributed by atoms with Crippen molar-refractivity contribution in [2.24, 2.45) is 7.05 Å². The van der Waals surface area contributed by atoms with Crippen molar-refractivity contribution >= 4 is 10.9 Å². The highest BCUT2D eigenvalue weighted by molar-refractivity contribution is 5.81. The van der Waals surface area contributed by atoms with Gasteiger partial charge in [0.15, 0.2) is 0 Å². The number of benzene rings is 1. The lowest BCUT2D eigenvalue weighted by molar-refractivity contribution is 0.0106. The van der Waals surface area contributed by atoms with Gasteiger partial charge in [0.05, 0.1) is 23.9 Å². The lowest BCUT2D eigenvalue weighted by Crippen LogP contribution is -2.32. The van der Waals surface area contributed by atoms with E-state index in [1.807, 2.05) is 24.8 Å². The van der Waals surface area contributed by atoms with E-state index in [1.54, 1.807) is 0 Å². The molecular formula is C16H23N3O. The van der Waals surface area contributed by atoms with Crippen LogP contribution in [0.1, 0.15) is 31.4 Å². The van der Waals surface area contributed by atoms with Crippen LogP contribution < -0.4 is 5.32 Å². The minimum Gasteiger partial charge on any atom is -0.372 e. The number of aryl methyl sites for hydroxylation is 1. The topological polar surface area (TPSA) is 39.1 Å². The van der Waals surface area contributed by atoms with Crippen molar-refractivity contribution in [3.8, 4) is 0 Å². The first-order valence-electron chi connectivity index (χ1n) is 7.47. The highest BCUT2D eigenvalue weighted by Crippen LogP contribution is 2.24. The molecule has 1 aliphatic carbocycles. The third-order valence-corrected chi connectivity index (χ3v) is 4.37. The highest BCUT2D eigenvalue weighted by atomic mass is 16.5. The number of para-hydroxylation sites is 1. The molecular weight excluding hydrogens is 250 g/mol. The summed E-state index contributed by atoms with van der Waals surface area (Å²) in [6.07, 6.45) is 5.11. The maximum atomic E-state index is 6.08. The molecule has 20 heavy (non-hydrogen) atoms. The van der Waals surface area contributed by atoms with Gasteiger partial charge in [-0.15, -0.1) is 0 Å². The molecule has 0 unspecified atom stereocenters. The van der Waals surface area contributed by atoms with Crippen LogP contribution in [0, 0.1) is 0 Å². The Morgan fingerprint density at radius 3 is 2.75 bits per heavy atom. The number of hydrogen-bond acceptors (Lipinski definition) is 3. The number of nitrogens with one attached hydrogen (secondary N) is 1. The zero-order valence-electron chi connectivity index (χ0n) is 12.3. The first-order chi connectivity index (χ1) is 9.78. The Bertz CT molecular complexity index is 570. The molecule has 1 saturated carbocycles. The standard InChI is InChI=1S/C16H23N3O/c1-17-12-7-9-13(10-8-12)20-11-15-14-5-3-4-6-16(14)19(2)18-15/h3-6,12-13,17H,7-11H2,1-2H3. The zero-order valence-corrected chi connectivity index (χ0v) is 12.3. The third kappa shape index (κ3) is 2.72. The van der Waals surface area contributed by atoms with Gasteiger partial charge < -0.3 is 10.1 Å². The maximum Gasteiger partial charge on any atom is 0.0960 e. The van der Waals surface area contributed by atoms with E-state index in [1.165, 1.54) is 23.7 Å². The Hall–Kier alpha value is -1.39. The molecule has 0 bridgehead atoms. The second-order valence-electron chi connectivity index (χ2n) is 5.66. The van der Waals surface area contributed by atoms with Gasteiger partial charge in [-0.05, 0) is 38.8 Å². The van der Waals surface area contributed by atoms with Crippen molar-refractivity contribution in [2.75, 3.05) is 7.05 Å². The molecule has 1 heterocycles. The largest absolute Gasteiger partial charge is 0.372 e. The molecule has 4 heteroatoms. The lowest BCUT2D eigenvalue weighted by atomic mass is 9.93. The minimum atomic E-state index is 0.389. The molecule has 4 nitrogen and oxygen atoms in total. The summed E-state index contributed by atoms with van der Waals surface area (Å²) in [7, 11) is 4.04. The van der Waals surface area contributed by atoms with Gasteiger partial charge in [0.1, 0.15) is 0 Å². The third-order valence-electron chi connectivity index (χ3n) is 4.37. The number of nitrogens with zero attached hydrogens (tertiary/aromatic N) is 2. The summed E-state index contributed by atoms with van der Waals surface area (Å²) in [5.74, 6) is 0. The van der Waals surface area contributed by atoms with Gasteiger partial charge in [0.25, 0.3) is 0 Å². The molecule has 0 saturated heterocycles. The van der Waals surface area contributed by atoms with Crippen LogP contribution >= 0.6 is 0 Å². The van der Waals surface area contributed by atoms with Crippen LogP contribution in [0.25, 0.3) is 10.9 Å². The van der Waals surface area contributed by atoms with Crippen molar-refractivity contribution in [1.82, 2.24) is 15.1 Å². The summed E-state index contributed by atoms with van der Waals surface area (Å²) in [5.41, 5.74) is 2.23. The quantitative estimate of drug-likeness (QED) is 0.930. The Morgan fingerprint density at radius 1 is 1.25 bits per heavy atom. The predicted octanol–water partition coefficient (Wildman–Crippen LogP) is 2.62. The lowest BCUT2D eigenvalue weighted by Gasteiger charge is -2.28. The molecule has 1 aromatic heterocycles.